The summed E-state index contributed by atoms with van der Waals surface area (Å²) >= 11 is 0. The number of aromatic nitrogens is 1. The van der Waals surface area contributed by atoms with Crippen LogP contribution in [0.25, 0.3) is 0 Å². The van der Waals surface area contributed by atoms with Crippen molar-refractivity contribution >= 4 is 11.9 Å². The van der Waals surface area contributed by atoms with Gasteiger partial charge >= 0.3 is 5.97 Å². The van der Waals surface area contributed by atoms with E-state index < -0.39 is 5.91 Å². The summed E-state index contributed by atoms with van der Waals surface area (Å²) in [4.78, 5) is 22.2. The number of aromatic hydroxyl groups is 1. The number of rotatable bonds is 5. The second-order valence-electron chi connectivity index (χ2n) is 2.86. The first-order valence-corrected chi connectivity index (χ1v) is 4.73. The summed E-state index contributed by atoms with van der Waals surface area (Å²) in [5.74, 6) is -1.41. The van der Waals surface area contributed by atoms with Crippen LogP contribution in [0.2, 0.25) is 0 Å². The van der Waals surface area contributed by atoms with E-state index in [9.17, 15) is 9.59 Å². The van der Waals surface area contributed by atoms with E-state index in [1.807, 2.05) is 0 Å². The normalized spacial score (nSPS) is 9.81. The third kappa shape index (κ3) is 3.60. The summed E-state index contributed by atoms with van der Waals surface area (Å²) in [5.41, 5.74) is 0. The van der Waals surface area contributed by atoms with Crippen LogP contribution in [0.15, 0.2) is 10.6 Å². The number of nitrogens with one attached hydrogen (secondary N) is 1. The van der Waals surface area contributed by atoms with Gasteiger partial charge in [-0.15, -0.1) is 0 Å². The lowest BCUT2D eigenvalue weighted by atomic mass is 10.4. The first kappa shape index (κ1) is 12.0. The first-order chi connectivity index (χ1) is 7.63. The van der Waals surface area contributed by atoms with Gasteiger partial charge in [0, 0.05) is 6.54 Å². The van der Waals surface area contributed by atoms with Crippen LogP contribution >= 0.6 is 0 Å². The minimum absolute atomic E-state index is 0.0830. The molecule has 0 radical (unpaired) electrons. The molecule has 0 bridgehead atoms. The minimum Gasteiger partial charge on any atom is -0.491 e. The maximum atomic E-state index is 11.3. The SMILES string of the molecule is CCOC(=O)CCNC(=O)c1cc(O)no1. The summed E-state index contributed by atoms with van der Waals surface area (Å²) in [6, 6.07) is 1.08. The monoisotopic (exact) mass is 228 g/mol. The van der Waals surface area contributed by atoms with Crippen molar-refractivity contribution in [1.82, 2.24) is 10.5 Å². The molecule has 0 aliphatic carbocycles. The van der Waals surface area contributed by atoms with Crippen LogP contribution in [0.5, 0.6) is 5.88 Å². The fraction of sp³-hybridized carbons (Fsp3) is 0.444. The van der Waals surface area contributed by atoms with E-state index >= 15 is 0 Å². The zero-order chi connectivity index (χ0) is 12.0. The number of nitrogens with zero attached hydrogens (tertiary/aromatic N) is 1. The molecular weight excluding hydrogens is 216 g/mol. The lowest BCUT2D eigenvalue weighted by Gasteiger charge is -2.02. The Labute approximate surface area is 91.4 Å². The Balaban J connectivity index is 2.28. The number of hydrogen-bond donors (Lipinski definition) is 2. The van der Waals surface area contributed by atoms with Gasteiger partial charge in [-0.2, -0.15) is 0 Å². The molecule has 2 N–H and O–H groups in total. The minimum atomic E-state index is -0.544. The van der Waals surface area contributed by atoms with Crippen molar-refractivity contribution in [2.45, 2.75) is 13.3 Å². The highest BCUT2D eigenvalue weighted by molar-refractivity contribution is 5.91. The molecule has 88 valence electrons. The molecular formula is C9H12N2O5. The molecule has 0 aromatic carbocycles. The van der Waals surface area contributed by atoms with Crippen LogP contribution in [-0.4, -0.2) is 35.3 Å². The smallest absolute Gasteiger partial charge is 0.307 e. The van der Waals surface area contributed by atoms with Gasteiger partial charge in [0.25, 0.3) is 11.8 Å². The third-order valence-corrected chi connectivity index (χ3v) is 1.64. The molecule has 16 heavy (non-hydrogen) atoms. The van der Waals surface area contributed by atoms with E-state index in [0.717, 1.165) is 6.07 Å². The molecule has 0 fully saturated rings. The number of amides is 1. The molecule has 1 rings (SSSR count). The largest absolute Gasteiger partial charge is 0.491 e. The maximum absolute atomic E-state index is 11.3. The van der Waals surface area contributed by atoms with Crippen molar-refractivity contribution in [2.24, 2.45) is 0 Å². The Bertz CT molecular complexity index is 374. The quantitative estimate of drug-likeness (QED) is 0.691. The zero-order valence-electron chi connectivity index (χ0n) is 8.73. The summed E-state index contributed by atoms with van der Waals surface area (Å²) in [5, 5.41) is 14.4. The van der Waals surface area contributed by atoms with E-state index in [4.69, 9.17) is 5.11 Å². The topological polar surface area (TPSA) is 102 Å². The van der Waals surface area contributed by atoms with E-state index in [0.29, 0.717) is 6.61 Å². The zero-order valence-corrected chi connectivity index (χ0v) is 8.73. The Morgan fingerprint density at radius 1 is 1.62 bits per heavy atom. The average molecular weight is 228 g/mol. The predicted octanol–water partition coefficient (Wildman–Crippen LogP) is 0.0632. The summed E-state index contributed by atoms with van der Waals surface area (Å²) in [7, 11) is 0. The van der Waals surface area contributed by atoms with Crippen LogP contribution < -0.4 is 5.32 Å². The number of ether oxygens (including phenoxy) is 1. The van der Waals surface area contributed by atoms with Gasteiger partial charge in [-0.25, -0.2) is 0 Å². The molecule has 0 saturated carbocycles. The molecule has 1 amide bonds. The molecule has 1 aromatic rings. The van der Waals surface area contributed by atoms with Gasteiger partial charge in [-0.3, -0.25) is 9.59 Å². The third-order valence-electron chi connectivity index (χ3n) is 1.64. The van der Waals surface area contributed by atoms with Crippen molar-refractivity contribution < 1.29 is 24.0 Å². The molecule has 0 aliphatic heterocycles. The Morgan fingerprint density at radius 3 is 2.94 bits per heavy atom. The van der Waals surface area contributed by atoms with Gasteiger partial charge in [0.15, 0.2) is 0 Å². The first-order valence-electron chi connectivity index (χ1n) is 4.73. The van der Waals surface area contributed by atoms with E-state index in [2.05, 4.69) is 19.7 Å². The average Bonchev–Trinajstić information content (AvgIpc) is 2.65. The van der Waals surface area contributed by atoms with Crippen molar-refractivity contribution in [3.8, 4) is 5.88 Å². The summed E-state index contributed by atoms with van der Waals surface area (Å²) < 4.78 is 9.17. The van der Waals surface area contributed by atoms with Gasteiger partial charge in [-0.05, 0) is 12.1 Å². The van der Waals surface area contributed by atoms with Crippen LogP contribution in [0, 0.1) is 0 Å². The maximum Gasteiger partial charge on any atom is 0.307 e. The number of carbonyl (C=O) groups excluding carboxylic acids is 2. The number of carbonyl (C=O) groups is 2. The highest BCUT2D eigenvalue weighted by Crippen LogP contribution is 2.08. The Hall–Kier alpha value is -2.05. The van der Waals surface area contributed by atoms with Gasteiger partial charge in [-0.1, -0.05) is 0 Å². The van der Waals surface area contributed by atoms with Crippen molar-refractivity contribution in [3.05, 3.63) is 11.8 Å². The van der Waals surface area contributed by atoms with E-state index in [1.165, 1.54) is 0 Å². The van der Waals surface area contributed by atoms with Gasteiger partial charge in [0.1, 0.15) is 0 Å². The number of hydrogen-bond acceptors (Lipinski definition) is 6. The molecule has 7 nitrogen and oxygen atoms in total. The van der Waals surface area contributed by atoms with Crippen LogP contribution in [0.3, 0.4) is 0 Å². The molecule has 0 atom stereocenters. The van der Waals surface area contributed by atoms with Crippen LogP contribution in [0.1, 0.15) is 23.9 Å². The molecule has 0 spiro atoms. The molecule has 0 aliphatic rings. The van der Waals surface area contributed by atoms with E-state index in [-0.39, 0.29) is 30.6 Å². The predicted molar refractivity (Wildman–Crippen MR) is 51.8 cm³/mol. The second kappa shape index (κ2) is 5.74. The van der Waals surface area contributed by atoms with Crippen LogP contribution in [-0.2, 0) is 9.53 Å². The van der Waals surface area contributed by atoms with Crippen molar-refractivity contribution in [1.29, 1.82) is 0 Å². The second-order valence-corrected chi connectivity index (χ2v) is 2.86. The lowest BCUT2D eigenvalue weighted by molar-refractivity contribution is -0.142. The Kier molecular flexibility index (Phi) is 4.31. The summed E-state index contributed by atoms with van der Waals surface area (Å²) in [6.45, 7) is 2.15. The highest BCUT2D eigenvalue weighted by Gasteiger charge is 2.12. The van der Waals surface area contributed by atoms with Crippen molar-refractivity contribution in [3.63, 3.8) is 0 Å². The fourth-order valence-electron chi connectivity index (χ4n) is 0.971. The van der Waals surface area contributed by atoms with Gasteiger partial charge in [0.2, 0.25) is 5.76 Å². The molecule has 0 unspecified atom stereocenters. The summed E-state index contributed by atoms with van der Waals surface area (Å²) in [6.07, 6.45) is 0.0830. The van der Waals surface area contributed by atoms with Crippen molar-refractivity contribution in [2.75, 3.05) is 13.2 Å². The highest BCUT2D eigenvalue weighted by atomic mass is 16.5. The lowest BCUT2D eigenvalue weighted by Crippen LogP contribution is -2.26. The number of esters is 1. The molecule has 0 saturated heterocycles. The van der Waals surface area contributed by atoms with Gasteiger partial charge < -0.3 is 19.7 Å². The van der Waals surface area contributed by atoms with Crippen LogP contribution in [0.4, 0.5) is 0 Å². The molecule has 7 heteroatoms. The standard InChI is InChI=1S/C9H12N2O5/c1-2-15-8(13)3-4-10-9(14)6-5-7(12)11-16-6/h5H,2-4H2,1H3,(H,10,14)(H,11,12). The molecule has 1 aromatic heterocycles. The van der Waals surface area contributed by atoms with Gasteiger partial charge in [0.05, 0.1) is 19.1 Å². The van der Waals surface area contributed by atoms with E-state index in [1.54, 1.807) is 6.92 Å². The Morgan fingerprint density at radius 2 is 2.38 bits per heavy atom. The molecule has 1 heterocycles. The fourth-order valence-corrected chi connectivity index (χ4v) is 0.971.